The monoisotopic (exact) mass is 293 g/mol. The number of benzene rings is 2. The van der Waals surface area contributed by atoms with Crippen LogP contribution in [0.5, 0.6) is 0 Å². The van der Waals surface area contributed by atoms with Gasteiger partial charge in [-0.15, -0.1) is 0 Å². The molecule has 0 aliphatic heterocycles. The van der Waals surface area contributed by atoms with Gasteiger partial charge in [-0.05, 0) is 36.4 Å². The molecule has 6 nitrogen and oxygen atoms in total. The van der Waals surface area contributed by atoms with Crippen LogP contribution in [0, 0.1) is 0 Å². The first kappa shape index (κ1) is 13.8. The van der Waals surface area contributed by atoms with Crippen LogP contribution in [-0.2, 0) is 4.79 Å². The Balaban J connectivity index is 1.85. The van der Waals surface area contributed by atoms with E-state index in [9.17, 15) is 4.79 Å². The second-order valence-corrected chi connectivity index (χ2v) is 4.83. The molecule has 0 spiro atoms. The average Bonchev–Trinajstić information content (AvgIpc) is 2.49. The number of fused-ring (bicyclic) bond motifs is 1. The zero-order valence-corrected chi connectivity index (χ0v) is 12.0. The third kappa shape index (κ3) is 2.95. The van der Waals surface area contributed by atoms with E-state index in [-0.39, 0.29) is 5.91 Å². The minimum atomic E-state index is -0.105. The Hall–Kier alpha value is -3.15. The Kier molecular flexibility index (Phi) is 3.57. The standard InChI is InChI=1S/C16H15N5O/c1-10(22)18-11-6-8-12(9-7-11)19-16-20-14-5-3-2-4-13(14)15(17)21-16/h2-9H,1H3,(H,18,22)(H3,17,19,20,21). The number of nitrogens with two attached hydrogens (primary N) is 1. The van der Waals surface area contributed by atoms with Crippen molar-refractivity contribution >= 4 is 40.0 Å². The van der Waals surface area contributed by atoms with Crippen molar-refractivity contribution in [3.63, 3.8) is 0 Å². The fourth-order valence-electron chi connectivity index (χ4n) is 2.13. The van der Waals surface area contributed by atoms with Crippen LogP contribution >= 0.6 is 0 Å². The van der Waals surface area contributed by atoms with Crippen molar-refractivity contribution < 1.29 is 4.79 Å². The smallest absolute Gasteiger partial charge is 0.229 e. The van der Waals surface area contributed by atoms with Gasteiger partial charge < -0.3 is 16.4 Å². The number of carbonyl (C=O) groups is 1. The highest BCUT2D eigenvalue weighted by atomic mass is 16.1. The lowest BCUT2D eigenvalue weighted by molar-refractivity contribution is -0.114. The van der Waals surface area contributed by atoms with Gasteiger partial charge in [-0.2, -0.15) is 4.98 Å². The minimum absolute atomic E-state index is 0.105. The van der Waals surface area contributed by atoms with Gasteiger partial charge in [-0.3, -0.25) is 4.79 Å². The van der Waals surface area contributed by atoms with E-state index in [1.54, 1.807) is 12.1 Å². The van der Waals surface area contributed by atoms with E-state index in [0.29, 0.717) is 11.8 Å². The van der Waals surface area contributed by atoms with E-state index in [2.05, 4.69) is 20.6 Å². The number of amides is 1. The maximum atomic E-state index is 11.0. The Bertz CT molecular complexity index is 830. The predicted molar refractivity (Wildman–Crippen MR) is 88.0 cm³/mol. The van der Waals surface area contributed by atoms with Gasteiger partial charge in [0.2, 0.25) is 11.9 Å². The van der Waals surface area contributed by atoms with Gasteiger partial charge in [-0.1, -0.05) is 12.1 Å². The van der Waals surface area contributed by atoms with Crippen LogP contribution in [0.3, 0.4) is 0 Å². The first-order valence-electron chi connectivity index (χ1n) is 6.79. The van der Waals surface area contributed by atoms with Crippen LogP contribution in [-0.4, -0.2) is 15.9 Å². The van der Waals surface area contributed by atoms with Gasteiger partial charge in [0.15, 0.2) is 0 Å². The molecule has 1 amide bonds. The van der Waals surface area contributed by atoms with E-state index in [0.717, 1.165) is 22.3 Å². The summed E-state index contributed by atoms with van der Waals surface area (Å²) in [5.74, 6) is 0.762. The highest BCUT2D eigenvalue weighted by molar-refractivity contribution is 5.90. The van der Waals surface area contributed by atoms with Crippen molar-refractivity contribution in [2.45, 2.75) is 6.92 Å². The Morgan fingerprint density at radius 2 is 1.68 bits per heavy atom. The molecule has 0 saturated heterocycles. The van der Waals surface area contributed by atoms with Crippen molar-refractivity contribution in [3.8, 4) is 0 Å². The first-order valence-corrected chi connectivity index (χ1v) is 6.79. The van der Waals surface area contributed by atoms with Gasteiger partial charge in [0.25, 0.3) is 0 Å². The molecule has 0 aliphatic rings. The Morgan fingerprint density at radius 3 is 2.41 bits per heavy atom. The van der Waals surface area contributed by atoms with Crippen LogP contribution in [0.15, 0.2) is 48.5 Å². The molecule has 22 heavy (non-hydrogen) atoms. The highest BCUT2D eigenvalue weighted by Gasteiger charge is 2.05. The molecule has 0 fully saturated rings. The molecule has 2 aromatic carbocycles. The molecular formula is C16H15N5O. The van der Waals surface area contributed by atoms with Crippen molar-refractivity contribution in [2.75, 3.05) is 16.4 Å². The quantitative estimate of drug-likeness (QED) is 0.690. The van der Waals surface area contributed by atoms with Gasteiger partial charge in [0, 0.05) is 23.7 Å². The van der Waals surface area contributed by atoms with E-state index in [1.807, 2.05) is 36.4 Å². The summed E-state index contributed by atoms with van der Waals surface area (Å²) < 4.78 is 0. The van der Waals surface area contributed by atoms with Gasteiger partial charge in [0.1, 0.15) is 5.82 Å². The molecule has 1 heterocycles. The fourth-order valence-corrected chi connectivity index (χ4v) is 2.13. The molecule has 1 aromatic heterocycles. The number of hydrogen-bond donors (Lipinski definition) is 3. The molecule has 0 radical (unpaired) electrons. The average molecular weight is 293 g/mol. The zero-order valence-electron chi connectivity index (χ0n) is 12.0. The van der Waals surface area contributed by atoms with Crippen molar-refractivity contribution in [2.24, 2.45) is 0 Å². The SMILES string of the molecule is CC(=O)Nc1ccc(Nc2nc(N)c3ccccc3n2)cc1. The van der Waals surface area contributed by atoms with Gasteiger partial charge in [0.05, 0.1) is 5.52 Å². The van der Waals surface area contributed by atoms with E-state index in [4.69, 9.17) is 5.73 Å². The fraction of sp³-hybridized carbons (Fsp3) is 0.0625. The van der Waals surface area contributed by atoms with E-state index < -0.39 is 0 Å². The van der Waals surface area contributed by atoms with Crippen LogP contribution in [0.4, 0.5) is 23.1 Å². The number of nitrogens with one attached hydrogen (secondary N) is 2. The van der Waals surface area contributed by atoms with Gasteiger partial charge in [-0.25, -0.2) is 4.98 Å². The molecule has 0 bridgehead atoms. The van der Waals surface area contributed by atoms with E-state index >= 15 is 0 Å². The zero-order chi connectivity index (χ0) is 15.5. The minimum Gasteiger partial charge on any atom is -0.383 e. The summed E-state index contributed by atoms with van der Waals surface area (Å²) in [5, 5.41) is 6.64. The summed E-state index contributed by atoms with van der Waals surface area (Å²) in [4.78, 5) is 19.7. The lowest BCUT2D eigenvalue weighted by atomic mass is 10.2. The Labute approximate surface area is 127 Å². The summed E-state index contributed by atoms with van der Waals surface area (Å²) >= 11 is 0. The number of carbonyl (C=O) groups excluding carboxylic acids is 1. The predicted octanol–water partition coefficient (Wildman–Crippen LogP) is 2.91. The molecule has 0 unspecified atom stereocenters. The molecule has 4 N–H and O–H groups in total. The number of aromatic nitrogens is 2. The third-order valence-corrected chi connectivity index (χ3v) is 3.09. The summed E-state index contributed by atoms with van der Waals surface area (Å²) in [5.41, 5.74) is 8.28. The molecule has 0 saturated carbocycles. The topological polar surface area (TPSA) is 92.9 Å². The van der Waals surface area contributed by atoms with Crippen LogP contribution in [0.1, 0.15) is 6.92 Å². The van der Waals surface area contributed by atoms with Crippen LogP contribution in [0.2, 0.25) is 0 Å². The Morgan fingerprint density at radius 1 is 1.00 bits per heavy atom. The molecule has 110 valence electrons. The molecular weight excluding hydrogens is 278 g/mol. The second kappa shape index (κ2) is 5.69. The summed E-state index contributed by atoms with van der Waals surface area (Å²) in [6.45, 7) is 1.47. The highest BCUT2D eigenvalue weighted by Crippen LogP contribution is 2.22. The summed E-state index contributed by atoms with van der Waals surface area (Å²) in [6.07, 6.45) is 0. The molecule has 0 aliphatic carbocycles. The molecule has 0 atom stereocenters. The van der Waals surface area contributed by atoms with E-state index in [1.165, 1.54) is 6.92 Å². The largest absolute Gasteiger partial charge is 0.383 e. The summed E-state index contributed by atoms with van der Waals surface area (Å²) in [6, 6.07) is 14.8. The maximum absolute atomic E-state index is 11.0. The summed E-state index contributed by atoms with van der Waals surface area (Å²) in [7, 11) is 0. The number of para-hydroxylation sites is 1. The molecule has 6 heteroatoms. The van der Waals surface area contributed by atoms with Crippen molar-refractivity contribution in [3.05, 3.63) is 48.5 Å². The lowest BCUT2D eigenvalue weighted by Crippen LogP contribution is -2.05. The number of anilines is 4. The normalized spacial score (nSPS) is 10.4. The number of nitrogens with zero attached hydrogens (tertiary/aromatic N) is 2. The van der Waals surface area contributed by atoms with Crippen molar-refractivity contribution in [1.29, 1.82) is 0 Å². The molecule has 3 rings (SSSR count). The number of hydrogen-bond acceptors (Lipinski definition) is 5. The number of rotatable bonds is 3. The first-order chi connectivity index (χ1) is 10.6. The maximum Gasteiger partial charge on any atom is 0.229 e. The van der Waals surface area contributed by atoms with Gasteiger partial charge >= 0.3 is 0 Å². The second-order valence-electron chi connectivity index (χ2n) is 4.83. The van der Waals surface area contributed by atoms with Crippen molar-refractivity contribution in [1.82, 2.24) is 9.97 Å². The van der Waals surface area contributed by atoms with Crippen LogP contribution in [0.25, 0.3) is 10.9 Å². The lowest BCUT2D eigenvalue weighted by Gasteiger charge is -2.08. The number of nitrogen functional groups attached to an aromatic ring is 1. The van der Waals surface area contributed by atoms with Crippen LogP contribution < -0.4 is 16.4 Å². The molecule has 3 aromatic rings. The third-order valence-electron chi connectivity index (χ3n) is 3.09.